The van der Waals surface area contributed by atoms with Gasteiger partial charge >= 0.3 is 0 Å². The maximum atomic E-state index is 12.7. The molecule has 1 aromatic heterocycles. The van der Waals surface area contributed by atoms with Crippen LogP contribution in [-0.2, 0) is 16.4 Å². The molecular formula is C19H22BrN3O2S. The predicted molar refractivity (Wildman–Crippen MR) is 107 cm³/mol. The number of halogens is 1. The number of anilines is 1. The van der Waals surface area contributed by atoms with Crippen molar-refractivity contribution in [3.63, 3.8) is 0 Å². The van der Waals surface area contributed by atoms with Crippen LogP contribution in [0.2, 0.25) is 0 Å². The maximum absolute atomic E-state index is 12.7. The standard InChI is InChI=1S/C19H22BrN3O2S/c20-18-6-7-19(21-10-18)22-11-16-13-23(14-17(16)12-22)26(24,25)9-8-15-4-2-1-3-5-15/h1-7,10,16-17H,8-9,11-14H2. The number of hydrogen-bond donors (Lipinski definition) is 0. The molecular weight excluding hydrogens is 414 g/mol. The molecule has 2 unspecified atom stereocenters. The van der Waals surface area contributed by atoms with Crippen LogP contribution in [0.15, 0.2) is 53.1 Å². The normalized spacial score (nSPS) is 23.3. The van der Waals surface area contributed by atoms with Crippen molar-refractivity contribution in [2.45, 2.75) is 6.42 Å². The first kappa shape index (κ1) is 17.9. The number of nitrogens with zero attached hydrogens (tertiary/aromatic N) is 3. The Morgan fingerprint density at radius 3 is 2.31 bits per heavy atom. The van der Waals surface area contributed by atoms with Gasteiger partial charge in [0.15, 0.2) is 0 Å². The van der Waals surface area contributed by atoms with Gasteiger partial charge in [0.05, 0.1) is 5.75 Å². The van der Waals surface area contributed by atoms with E-state index in [1.165, 1.54) is 0 Å². The van der Waals surface area contributed by atoms with Gasteiger partial charge in [-0.3, -0.25) is 0 Å². The topological polar surface area (TPSA) is 53.5 Å². The molecule has 5 nitrogen and oxygen atoms in total. The quantitative estimate of drug-likeness (QED) is 0.724. The molecule has 26 heavy (non-hydrogen) atoms. The summed E-state index contributed by atoms with van der Waals surface area (Å²) in [5.41, 5.74) is 1.07. The van der Waals surface area contributed by atoms with Crippen molar-refractivity contribution >= 4 is 31.8 Å². The average molecular weight is 436 g/mol. The Morgan fingerprint density at radius 2 is 1.69 bits per heavy atom. The summed E-state index contributed by atoms with van der Waals surface area (Å²) in [5.74, 6) is 1.95. The monoisotopic (exact) mass is 435 g/mol. The van der Waals surface area contributed by atoms with E-state index in [1.807, 2.05) is 48.7 Å². The zero-order valence-electron chi connectivity index (χ0n) is 14.5. The Labute approximate surface area is 163 Å². The van der Waals surface area contributed by atoms with Gasteiger partial charge in [0.2, 0.25) is 10.0 Å². The summed E-state index contributed by atoms with van der Waals surface area (Å²) in [6.07, 6.45) is 2.38. The lowest BCUT2D eigenvalue weighted by atomic mass is 10.0. The lowest BCUT2D eigenvalue weighted by Gasteiger charge is -2.22. The van der Waals surface area contributed by atoms with E-state index in [0.717, 1.165) is 28.9 Å². The van der Waals surface area contributed by atoms with Gasteiger partial charge in [0.1, 0.15) is 5.82 Å². The Balaban J connectivity index is 1.35. The number of benzene rings is 1. The second kappa shape index (κ2) is 7.29. The van der Waals surface area contributed by atoms with E-state index in [0.29, 0.717) is 31.3 Å². The molecule has 0 spiro atoms. The van der Waals surface area contributed by atoms with E-state index in [2.05, 4.69) is 25.8 Å². The molecule has 2 aliphatic rings. The predicted octanol–water partition coefficient (Wildman–Crippen LogP) is 2.78. The average Bonchev–Trinajstić information content (AvgIpc) is 3.21. The summed E-state index contributed by atoms with van der Waals surface area (Å²) in [7, 11) is -3.19. The number of hydrogen-bond acceptors (Lipinski definition) is 4. The van der Waals surface area contributed by atoms with E-state index < -0.39 is 10.0 Å². The molecule has 2 fully saturated rings. The highest BCUT2D eigenvalue weighted by Gasteiger charge is 2.43. The third kappa shape index (κ3) is 3.80. The van der Waals surface area contributed by atoms with E-state index in [4.69, 9.17) is 0 Å². The molecule has 2 atom stereocenters. The van der Waals surface area contributed by atoms with Crippen molar-refractivity contribution in [3.8, 4) is 0 Å². The third-order valence-electron chi connectivity index (χ3n) is 5.37. The molecule has 0 saturated carbocycles. The third-order valence-corrected chi connectivity index (χ3v) is 7.65. The Hall–Kier alpha value is -1.44. The Bertz CT molecular complexity index is 844. The van der Waals surface area contributed by atoms with Crippen LogP contribution in [0, 0.1) is 11.8 Å². The minimum Gasteiger partial charge on any atom is -0.356 e. The molecule has 0 aliphatic carbocycles. The van der Waals surface area contributed by atoms with Crippen molar-refractivity contribution in [1.29, 1.82) is 0 Å². The number of pyridine rings is 1. The van der Waals surface area contributed by atoms with Crippen molar-refractivity contribution in [2.75, 3.05) is 36.8 Å². The largest absolute Gasteiger partial charge is 0.356 e. The summed E-state index contributed by atoms with van der Waals surface area (Å²) in [6, 6.07) is 13.8. The number of aromatic nitrogens is 1. The molecule has 138 valence electrons. The molecule has 0 N–H and O–H groups in total. The first-order chi connectivity index (χ1) is 12.5. The summed E-state index contributed by atoms with van der Waals surface area (Å²) < 4.78 is 28.1. The second-order valence-electron chi connectivity index (χ2n) is 7.13. The van der Waals surface area contributed by atoms with E-state index in [9.17, 15) is 8.42 Å². The van der Waals surface area contributed by atoms with Crippen LogP contribution in [0.5, 0.6) is 0 Å². The van der Waals surface area contributed by atoms with Gasteiger partial charge in [-0.2, -0.15) is 0 Å². The second-order valence-corrected chi connectivity index (χ2v) is 10.1. The number of rotatable bonds is 5. The fourth-order valence-electron chi connectivity index (χ4n) is 3.94. The summed E-state index contributed by atoms with van der Waals surface area (Å²) in [6.45, 7) is 3.03. The van der Waals surface area contributed by atoms with Gasteiger partial charge in [-0.05, 0) is 51.9 Å². The fourth-order valence-corrected chi connectivity index (χ4v) is 5.76. The molecule has 4 rings (SSSR count). The van der Waals surface area contributed by atoms with Gasteiger partial charge < -0.3 is 4.90 Å². The summed E-state index contributed by atoms with van der Waals surface area (Å²) >= 11 is 3.41. The summed E-state index contributed by atoms with van der Waals surface area (Å²) in [4.78, 5) is 6.74. The van der Waals surface area contributed by atoms with Crippen LogP contribution < -0.4 is 4.90 Å². The van der Waals surface area contributed by atoms with Crippen LogP contribution >= 0.6 is 15.9 Å². The van der Waals surface area contributed by atoms with Gasteiger partial charge in [0, 0.05) is 36.8 Å². The molecule has 3 heterocycles. The smallest absolute Gasteiger partial charge is 0.214 e. The molecule has 2 saturated heterocycles. The van der Waals surface area contributed by atoms with Gasteiger partial charge in [0.25, 0.3) is 0 Å². The SMILES string of the molecule is O=S(=O)(CCc1ccccc1)N1CC2CN(c3ccc(Br)cn3)CC2C1. The van der Waals surface area contributed by atoms with E-state index in [-0.39, 0.29) is 5.75 Å². The maximum Gasteiger partial charge on any atom is 0.214 e. The highest BCUT2D eigenvalue weighted by molar-refractivity contribution is 9.10. The zero-order chi connectivity index (χ0) is 18.1. The molecule has 0 amide bonds. The first-order valence-corrected chi connectivity index (χ1v) is 11.3. The fraction of sp³-hybridized carbons (Fsp3) is 0.421. The molecule has 2 aliphatic heterocycles. The molecule has 0 bridgehead atoms. The van der Waals surface area contributed by atoms with Gasteiger partial charge in [-0.1, -0.05) is 30.3 Å². The summed E-state index contributed by atoms with van der Waals surface area (Å²) in [5, 5.41) is 0. The van der Waals surface area contributed by atoms with Gasteiger partial charge in [-0.25, -0.2) is 17.7 Å². The Morgan fingerprint density at radius 1 is 1.00 bits per heavy atom. The lowest BCUT2D eigenvalue weighted by molar-refractivity contribution is 0.453. The van der Waals surface area contributed by atoms with Crippen molar-refractivity contribution in [2.24, 2.45) is 11.8 Å². The number of fused-ring (bicyclic) bond motifs is 1. The van der Waals surface area contributed by atoms with Crippen molar-refractivity contribution in [1.82, 2.24) is 9.29 Å². The molecule has 1 aromatic carbocycles. The number of sulfonamides is 1. The highest BCUT2D eigenvalue weighted by atomic mass is 79.9. The van der Waals surface area contributed by atoms with Crippen LogP contribution in [0.25, 0.3) is 0 Å². The molecule has 2 aromatic rings. The first-order valence-electron chi connectivity index (χ1n) is 8.89. The minimum absolute atomic E-state index is 0.189. The van der Waals surface area contributed by atoms with Crippen molar-refractivity contribution < 1.29 is 8.42 Å². The van der Waals surface area contributed by atoms with E-state index in [1.54, 1.807) is 4.31 Å². The van der Waals surface area contributed by atoms with Crippen LogP contribution in [-0.4, -0.2) is 49.6 Å². The highest BCUT2D eigenvalue weighted by Crippen LogP contribution is 2.34. The number of aryl methyl sites for hydroxylation is 1. The van der Waals surface area contributed by atoms with Crippen LogP contribution in [0.4, 0.5) is 5.82 Å². The van der Waals surface area contributed by atoms with Crippen LogP contribution in [0.3, 0.4) is 0 Å². The minimum atomic E-state index is -3.19. The van der Waals surface area contributed by atoms with Crippen LogP contribution in [0.1, 0.15) is 5.56 Å². The van der Waals surface area contributed by atoms with Crippen molar-refractivity contribution in [3.05, 3.63) is 58.7 Å². The molecule has 0 radical (unpaired) electrons. The zero-order valence-corrected chi connectivity index (χ0v) is 16.9. The Kier molecular flexibility index (Phi) is 5.03. The lowest BCUT2D eigenvalue weighted by Crippen LogP contribution is -2.35. The van der Waals surface area contributed by atoms with Gasteiger partial charge in [-0.15, -0.1) is 0 Å². The van der Waals surface area contributed by atoms with E-state index >= 15 is 0 Å². The molecule has 7 heteroatoms.